The second kappa shape index (κ2) is 6.83. The minimum absolute atomic E-state index is 0.616. The lowest BCUT2D eigenvalue weighted by molar-refractivity contribution is 0.330. The van der Waals surface area contributed by atoms with Crippen LogP contribution >= 0.6 is 27.5 Å². The summed E-state index contributed by atoms with van der Waals surface area (Å²) in [4.78, 5) is 0. The Morgan fingerprint density at radius 3 is 2.58 bits per heavy atom. The Morgan fingerprint density at radius 1 is 1.16 bits per heavy atom. The van der Waals surface area contributed by atoms with Crippen molar-refractivity contribution >= 4 is 33.2 Å². The molecule has 100 valence electrons. The summed E-state index contributed by atoms with van der Waals surface area (Å²) in [6.45, 7) is 3.40. The lowest BCUT2D eigenvalue weighted by atomic mass is 10.2. The molecule has 0 atom stereocenters. The summed E-state index contributed by atoms with van der Waals surface area (Å²) in [5.74, 6) is 0.918. The maximum Gasteiger partial charge on any atom is 0.122 e. The van der Waals surface area contributed by atoms with Crippen LogP contribution in [-0.4, -0.2) is 13.2 Å². The molecule has 0 aliphatic rings. The van der Waals surface area contributed by atoms with E-state index in [0.29, 0.717) is 6.61 Å². The van der Waals surface area contributed by atoms with Crippen LogP contribution in [0.25, 0.3) is 0 Å². The Hall–Kier alpha value is -1.19. The van der Waals surface area contributed by atoms with Gasteiger partial charge in [-0.1, -0.05) is 27.5 Å². The smallest absolute Gasteiger partial charge is 0.122 e. The highest BCUT2D eigenvalue weighted by molar-refractivity contribution is 9.10. The Labute approximate surface area is 126 Å². The average molecular weight is 341 g/mol. The van der Waals surface area contributed by atoms with Crippen molar-refractivity contribution in [2.45, 2.75) is 6.92 Å². The monoisotopic (exact) mass is 339 g/mol. The molecule has 2 aromatic carbocycles. The molecule has 0 saturated carbocycles. The van der Waals surface area contributed by atoms with Gasteiger partial charge in [-0.05, 0) is 55.0 Å². The number of halogens is 2. The van der Waals surface area contributed by atoms with Crippen LogP contribution in [0.1, 0.15) is 5.56 Å². The van der Waals surface area contributed by atoms with Gasteiger partial charge in [0, 0.05) is 21.7 Å². The number of rotatable bonds is 5. The largest absolute Gasteiger partial charge is 0.491 e. The van der Waals surface area contributed by atoms with Crippen LogP contribution in [-0.2, 0) is 0 Å². The molecule has 19 heavy (non-hydrogen) atoms. The SMILES string of the molecule is Cc1cc(Br)ccc1OCCNc1ccc(Cl)cc1. The minimum atomic E-state index is 0.616. The maximum absolute atomic E-state index is 5.83. The Bertz CT molecular complexity index is 542. The van der Waals surface area contributed by atoms with Crippen molar-refractivity contribution in [2.75, 3.05) is 18.5 Å². The van der Waals surface area contributed by atoms with E-state index >= 15 is 0 Å². The van der Waals surface area contributed by atoms with Crippen LogP contribution in [0.4, 0.5) is 5.69 Å². The zero-order valence-corrected chi connectivity index (χ0v) is 13.0. The van der Waals surface area contributed by atoms with Crippen molar-refractivity contribution in [2.24, 2.45) is 0 Å². The van der Waals surface area contributed by atoms with E-state index < -0.39 is 0 Å². The highest BCUT2D eigenvalue weighted by Crippen LogP contribution is 2.22. The van der Waals surface area contributed by atoms with Crippen LogP contribution in [0.5, 0.6) is 5.75 Å². The van der Waals surface area contributed by atoms with Crippen molar-refractivity contribution in [3.63, 3.8) is 0 Å². The predicted octanol–water partition coefficient (Wildman–Crippen LogP) is 4.90. The fourth-order valence-electron chi connectivity index (χ4n) is 1.70. The molecule has 4 heteroatoms. The number of benzene rings is 2. The first-order valence-corrected chi connectivity index (χ1v) is 7.20. The lowest BCUT2D eigenvalue weighted by Crippen LogP contribution is -2.11. The highest BCUT2D eigenvalue weighted by Gasteiger charge is 1.99. The highest BCUT2D eigenvalue weighted by atomic mass is 79.9. The molecule has 0 spiro atoms. The number of hydrogen-bond donors (Lipinski definition) is 1. The molecule has 0 saturated heterocycles. The molecular formula is C15H15BrClNO. The Morgan fingerprint density at radius 2 is 1.89 bits per heavy atom. The normalized spacial score (nSPS) is 10.3. The van der Waals surface area contributed by atoms with Gasteiger partial charge in [-0.2, -0.15) is 0 Å². The number of anilines is 1. The number of aryl methyl sites for hydroxylation is 1. The molecule has 2 rings (SSSR count). The van der Waals surface area contributed by atoms with Crippen molar-refractivity contribution in [1.29, 1.82) is 0 Å². The lowest BCUT2D eigenvalue weighted by Gasteiger charge is -2.10. The van der Waals surface area contributed by atoms with Gasteiger partial charge >= 0.3 is 0 Å². The van der Waals surface area contributed by atoms with E-state index in [1.165, 1.54) is 0 Å². The second-order valence-corrected chi connectivity index (χ2v) is 5.54. The molecule has 0 aliphatic carbocycles. The number of ether oxygens (including phenoxy) is 1. The summed E-state index contributed by atoms with van der Waals surface area (Å²) in [7, 11) is 0. The van der Waals surface area contributed by atoms with Crippen LogP contribution in [0.3, 0.4) is 0 Å². The van der Waals surface area contributed by atoms with E-state index in [4.69, 9.17) is 16.3 Å². The zero-order valence-electron chi connectivity index (χ0n) is 10.6. The summed E-state index contributed by atoms with van der Waals surface area (Å²) in [5, 5.41) is 4.02. The van der Waals surface area contributed by atoms with Gasteiger partial charge in [-0.15, -0.1) is 0 Å². The summed E-state index contributed by atoms with van der Waals surface area (Å²) < 4.78 is 6.79. The second-order valence-electron chi connectivity index (χ2n) is 4.19. The number of nitrogens with one attached hydrogen (secondary N) is 1. The van der Waals surface area contributed by atoms with Gasteiger partial charge in [0.1, 0.15) is 12.4 Å². The molecule has 0 amide bonds. The third-order valence-corrected chi connectivity index (χ3v) is 3.42. The summed E-state index contributed by atoms with van der Waals surface area (Å²) in [6.07, 6.45) is 0. The Kier molecular flexibility index (Phi) is 5.11. The first kappa shape index (κ1) is 14.2. The molecule has 1 N–H and O–H groups in total. The van der Waals surface area contributed by atoms with Gasteiger partial charge in [0.25, 0.3) is 0 Å². The molecule has 0 fully saturated rings. The van der Waals surface area contributed by atoms with Gasteiger partial charge in [-0.25, -0.2) is 0 Å². The fraction of sp³-hybridized carbons (Fsp3) is 0.200. The van der Waals surface area contributed by atoms with Gasteiger partial charge in [-0.3, -0.25) is 0 Å². The minimum Gasteiger partial charge on any atom is -0.491 e. The molecule has 2 aromatic rings. The van der Waals surface area contributed by atoms with Gasteiger partial charge < -0.3 is 10.1 Å². The van der Waals surface area contributed by atoms with Crippen molar-refractivity contribution in [3.05, 3.63) is 57.5 Å². The molecular weight excluding hydrogens is 326 g/mol. The summed E-state index contributed by atoms with van der Waals surface area (Å²) in [6, 6.07) is 13.6. The Balaban J connectivity index is 1.79. The van der Waals surface area contributed by atoms with Gasteiger partial charge in [0.15, 0.2) is 0 Å². The van der Waals surface area contributed by atoms with E-state index in [0.717, 1.165) is 33.0 Å². The molecule has 0 heterocycles. The fourth-order valence-corrected chi connectivity index (χ4v) is 2.30. The van der Waals surface area contributed by atoms with Crippen LogP contribution < -0.4 is 10.1 Å². The summed E-state index contributed by atoms with van der Waals surface area (Å²) >= 11 is 9.26. The standard InChI is InChI=1S/C15H15BrClNO/c1-11-10-12(16)2-7-15(11)19-9-8-18-14-5-3-13(17)4-6-14/h2-7,10,18H,8-9H2,1H3. The van der Waals surface area contributed by atoms with E-state index in [9.17, 15) is 0 Å². The van der Waals surface area contributed by atoms with Gasteiger partial charge in [0.2, 0.25) is 0 Å². The summed E-state index contributed by atoms with van der Waals surface area (Å²) in [5.41, 5.74) is 2.17. The van der Waals surface area contributed by atoms with Crippen molar-refractivity contribution < 1.29 is 4.74 Å². The van der Waals surface area contributed by atoms with Crippen LogP contribution in [0, 0.1) is 6.92 Å². The maximum atomic E-state index is 5.83. The quantitative estimate of drug-likeness (QED) is 0.782. The van der Waals surface area contributed by atoms with Crippen LogP contribution in [0.15, 0.2) is 46.9 Å². The van der Waals surface area contributed by atoms with Crippen LogP contribution in [0.2, 0.25) is 5.02 Å². The molecule has 0 radical (unpaired) electrons. The van der Waals surface area contributed by atoms with Gasteiger partial charge in [0.05, 0.1) is 0 Å². The van der Waals surface area contributed by atoms with E-state index in [2.05, 4.69) is 21.2 Å². The number of hydrogen-bond acceptors (Lipinski definition) is 2. The molecule has 0 bridgehead atoms. The average Bonchev–Trinajstić information content (AvgIpc) is 2.39. The van der Waals surface area contributed by atoms with E-state index in [1.54, 1.807) is 0 Å². The zero-order chi connectivity index (χ0) is 13.7. The first-order chi connectivity index (χ1) is 9.15. The predicted molar refractivity (Wildman–Crippen MR) is 84.3 cm³/mol. The first-order valence-electron chi connectivity index (χ1n) is 6.03. The topological polar surface area (TPSA) is 21.3 Å². The molecule has 0 aromatic heterocycles. The van der Waals surface area contributed by atoms with E-state index in [-0.39, 0.29) is 0 Å². The third-order valence-electron chi connectivity index (χ3n) is 2.67. The van der Waals surface area contributed by atoms with Crippen molar-refractivity contribution in [1.82, 2.24) is 0 Å². The molecule has 0 aliphatic heterocycles. The van der Waals surface area contributed by atoms with Crippen molar-refractivity contribution in [3.8, 4) is 5.75 Å². The molecule has 0 unspecified atom stereocenters. The van der Waals surface area contributed by atoms with E-state index in [1.807, 2.05) is 49.4 Å². The third kappa shape index (κ3) is 4.44. The molecule has 2 nitrogen and oxygen atoms in total.